The maximum atomic E-state index is 12.5. The number of aromatic hydroxyl groups is 1. The van der Waals surface area contributed by atoms with E-state index in [1.54, 1.807) is 18.2 Å². The van der Waals surface area contributed by atoms with Crippen molar-refractivity contribution >= 4 is 27.8 Å². The molecule has 0 radical (unpaired) electrons. The molecule has 0 fully saturated rings. The number of phenols is 1. The standard InChI is InChI=1S/C18H16BrNO3/c1-20(2)10-14-15(21)8-7-13-17(22)16(23-18(13)14)9-11-3-5-12(19)6-4-11/h3-9,21H,10H2,1-2H3/p+1/b16-9-. The first kappa shape index (κ1) is 15.8. The Bertz CT molecular complexity index is 795. The van der Waals surface area contributed by atoms with Gasteiger partial charge in [0.05, 0.1) is 25.2 Å². The molecule has 1 heterocycles. The molecule has 0 bridgehead atoms. The van der Waals surface area contributed by atoms with Crippen LogP contribution in [0.2, 0.25) is 0 Å². The van der Waals surface area contributed by atoms with Gasteiger partial charge in [0.1, 0.15) is 12.3 Å². The van der Waals surface area contributed by atoms with Crippen molar-refractivity contribution in [2.24, 2.45) is 0 Å². The van der Waals surface area contributed by atoms with Gasteiger partial charge in [-0.05, 0) is 35.9 Å². The van der Waals surface area contributed by atoms with Crippen molar-refractivity contribution in [2.45, 2.75) is 6.54 Å². The van der Waals surface area contributed by atoms with Gasteiger partial charge in [-0.25, -0.2) is 0 Å². The number of ketones is 1. The molecular weight excluding hydrogens is 358 g/mol. The molecule has 118 valence electrons. The second-order valence-corrected chi connectivity index (χ2v) is 6.73. The summed E-state index contributed by atoms with van der Waals surface area (Å²) in [7, 11) is 3.96. The molecule has 23 heavy (non-hydrogen) atoms. The zero-order chi connectivity index (χ0) is 16.6. The molecule has 3 rings (SSSR count). The topological polar surface area (TPSA) is 51.0 Å². The van der Waals surface area contributed by atoms with Crippen LogP contribution < -0.4 is 9.64 Å². The van der Waals surface area contributed by atoms with E-state index in [9.17, 15) is 9.90 Å². The monoisotopic (exact) mass is 374 g/mol. The third-order valence-corrected chi connectivity index (χ3v) is 4.14. The summed E-state index contributed by atoms with van der Waals surface area (Å²) in [6, 6.07) is 10.8. The molecule has 2 N–H and O–H groups in total. The van der Waals surface area contributed by atoms with Gasteiger partial charge >= 0.3 is 0 Å². The number of hydrogen-bond acceptors (Lipinski definition) is 3. The van der Waals surface area contributed by atoms with Gasteiger partial charge in [-0.3, -0.25) is 4.79 Å². The number of benzene rings is 2. The van der Waals surface area contributed by atoms with E-state index in [0.29, 0.717) is 23.4 Å². The first-order chi connectivity index (χ1) is 11.0. The van der Waals surface area contributed by atoms with Gasteiger partial charge in [0.2, 0.25) is 5.78 Å². The molecule has 2 aromatic carbocycles. The molecule has 5 heteroatoms. The minimum atomic E-state index is -0.155. The number of phenolic OH excluding ortho intramolecular Hbond substituents is 1. The summed E-state index contributed by atoms with van der Waals surface area (Å²) in [5, 5.41) is 10.1. The number of Topliss-reactive ketones (excluding diaryl/α,β-unsaturated/α-hetero) is 1. The fourth-order valence-electron chi connectivity index (χ4n) is 2.53. The first-order valence-electron chi connectivity index (χ1n) is 7.29. The molecule has 0 atom stereocenters. The van der Waals surface area contributed by atoms with Crippen LogP contribution in [0.5, 0.6) is 11.5 Å². The summed E-state index contributed by atoms with van der Waals surface area (Å²) >= 11 is 3.38. The van der Waals surface area contributed by atoms with Crippen molar-refractivity contribution in [3.05, 3.63) is 63.3 Å². The molecule has 1 aliphatic heterocycles. The maximum absolute atomic E-state index is 12.5. The van der Waals surface area contributed by atoms with Crippen molar-refractivity contribution in [1.82, 2.24) is 0 Å². The molecule has 0 saturated heterocycles. The lowest BCUT2D eigenvalue weighted by atomic mass is 10.0. The highest BCUT2D eigenvalue weighted by Gasteiger charge is 2.31. The molecule has 0 saturated carbocycles. The second-order valence-electron chi connectivity index (χ2n) is 5.82. The van der Waals surface area contributed by atoms with Crippen LogP contribution in [0.1, 0.15) is 21.5 Å². The number of rotatable bonds is 3. The quantitative estimate of drug-likeness (QED) is 0.811. The van der Waals surface area contributed by atoms with E-state index < -0.39 is 0 Å². The van der Waals surface area contributed by atoms with Gasteiger partial charge in [-0.2, -0.15) is 0 Å². The maximum Gasteiger partial charge on any atom is 0.231 e. The fraction of sp³-hybridized carbons (Fsp3) is 0.167. The molecule has 4 nitrogen and oxygen atoms in total. The SMILES string of the molecule is C[NH+](C)Cc1c(O)ccc2c1O/C(=C\c1ccc(Br)cc1)C2=O. The summed E-state index contributed by atoms with van der Waals surface area (Å²) < 4.78 is 6.77. The predicted molar refractivity (Wildman–Crippen MR) is 91.7 cm³/mol. The third-order valence-electron chi connectivity index (χ3n) is 3.61. The molecular formula is C18H17BrNO3+. The van der Waals surface area contributed by atoms with Crippen molar-refractivity contribution < 1.29 is 19.5 Å². The fourth-order valence-corrected chi connectivity index (χ4v) is 2.80. The number of hydrogen-bond donors (Lipinski definition) is 2. The molecule has 0 aromatic heterocycles. The van der Waals surface area contributed by atoms with Gasteiger partial charge in [-0.1, -0.05) is 28.1 Å². The van der Waals surface area contributed by atoms with Crippen molar-refractivity contribution in [3.63, 3.8) is 0 Å². The number of fused-ring (bicyclic) bond motifs is 1. The summed E-state index contributed by atoms with van der Waals surface area (Å²) in [4.78, 5) is 13.7. The van der Waals surface area contributed by atoms with Crippen molar-refractivity contribution in [1.29, 1.82) is 0 Å². The Morgan fingerprint density at radius 3 is 2.52 bits per heavy atom. The number of ether oxygens (including phenoxy) is 1. The van der Waals surface area contributed by atoms with Crippen LogP contribution in [0.15, 0.2) is 46.6 Å². The highest BCUT2D eigenvalue weighted by molar-refractivity contribution is 9.10. The van der Waals surface area contributed by atoms with E-state index in [1.807, 2.05) is 38.4 Å². The lowest BCUT2D eigenvalue weighted by Crippen LogP contribution is -3.04. The molecule has 0 unspecified atom stereocenters. The van der Waals surface area contributed by atoms with Crippen molar-refractivity contribution in [2.75, 3.05) is 14.1 Å². The molecule has 0 amide bonds. The summed E-state index contributed by atoms with van der Waals surface area (Å²) in [6.07, 6.45) is 1.72. The van der Waals surface area contributed by atoms with E-state index in [1.165, 1.54) is 0 Å². The van der Waals surface area contributed by atoms with Crippen molar-refractivity contribution in [3.8, 4) is 11.5 Å². The minimum absolute atomic E-state index is 0.155. The summed E-state index contributed by atoms with van der Waals surface area (Å²) in [5.41, 5.74) is 2.05. The van der Waals surface area contributed by atoms with E-state index in [2.05, 4.69) is 15.9 Å². The summed E-state index contributed by atoms with van der Waals surface area (Å²) in [6.45, 7) is 0.577. The van der Waals surface area contributed by atoms with Gasteiger partial charge in [0.15, 0.2) is 11.5 Å². The second kappa shape index (κ2) is 6.18. The van der Waals surface area contributed by atoms with Gasteiger partial charge in [-0.15, -0.1) is 0 Å². The smallest absolute Gasteiger partial charge is 0.231 e. The number of quaternary nitrogens is 1. The van der Waals surface area contributed by atoms with Crippen LogP contribution in [0.25, 0.3) is 6.08 Å². The molecule has 2 aromatic rings. The highest BCUT2D eigenvalue weighted by Crippen LogP contribution is 2.39. The van der Waals surface area contributed by atoms with Crippen LogP contribution in [0, 0.1) is 0 Å². The Balaban J connectivity index is 2.00. The lowest BCUT2D eigenvalue weighted by Gasteiger charge is -2.11. The van der Waals surface area contributed by atoms with Gasteiger partial charge in [0.25, 0.3) is 0 Å². The highest BCUT2D eigenvalue weighted by atomic mass is 79.9. The molecule has 0 aliphatic carbocycles. The Hall–Kier alpha value is -2.11. The van der Waals surface area contributed by atoms with Crippen LogP contribution in [-0.4, -0.2) is 25.0 Å². The Kier molecular flexibility index (Phi) is 4.24. The van der Waals surface area contributed by atoms with Crippen LogP contribution in [0.3, 0.4) is 0 Å². The number of halogens is 1. The van der Waals surface area contributed by atoms with E-state index >= 15 is 0 Å². The van der Waals surface area contributed by atoms with Crippen LogP contribution in [0.4, 0.5) is 0 Å². The average Bonchev–Trinajstić information content (AvgIpc) is 2.81. The molecule has 1 aliphatic rings. The number of carbonyl (C=O) groups is 1. The zero-order valence-corrected chi connectivity index (χ0v) is 14.5. The van der Waals surface area contributed by atoms with Crippen LogP contribution in [-0.2, 0) is 6.54 Å². The Morgan fingerprint density at radius 2 is 1.87 bits per heavy atom. The van der Waals surface area contributed by atoms with Gasteiger partial charge < -0.3 is 14.7 Å². The Morgan fingerprint density at radius 1 is 1.17 bits per heavy atom. The van der Waals surface area contributed by atoms with Gasteiger partial charge in [0, 0.05) is 4.47 Å². The minimum Gasteiger partial charge on any atom is -0.507 e. The van der Waals surface area contributed by atoms with E-state index in [0.717, 1.165) is 14.9 Å². The lowest BCUT2D eigenvalue weighted by molar-refractivity contribution is -0.872. The Labute approximate surface area is 143 Å². The van der Waals surface area contributed by atoms with E-state index in [-0.39, 0.29) is 17.3 Å². The number of carbonyl (C=O) groups excluding carboxylic acids is 1. The predicted octanol–water partition coefficient (Wildman–Crippen LogP) is 2.42. The van der Waals surface area contributed by atoms with E-state index in [4.69, 9.17) is 4.74 Å². The zero-order valence-electron chi connectivity index (χ0n) is 12.9. The summed E-state index contributed by atoms with van der Waals surface area (Å²) in [5.74, 6) is 0.753. The largest absolute Gasteiger partial charge is 0.507 e. The van der Waals surface area contributed by atoms with Crippen LogP contribution >= 0.6 is 15.9 Å². The third kappa shape index (κ3) is 3.16. The first-order valence-corrected chi connectivity index (χ1v) is 8.08. The normalized spacial score (nSPS) is 15.1. The average molecular weight is 375 g/mol. The number of allylic oxidation sites excluding steroid dienone is 1. The molecule has 0 spiro atoms. The number of nitrogens with one attached hydrogen (secondary N) is 1.